The molecule has 2 rings (SSSR count). The van der Waals surface area contributed by atoms with Gasteiger partial charge in [-0.1, -0.05) is 31.5 Å². The summed E-state index contributed by atoms with van der Waals surface area (Å²) in [6.07, 6.45) is 0. The molecule has 0 radical (unpaired) electrons. The second-order valence-corrected chi connectivity index (χ2v) is 5.99. The van der Waals surface area contributed by atoms with Gasteiger partial charge in [0.2, 0.25) is 0 Å². The van der Waals surface area contributed by atoms with E-state index < -0.39 is 0 Å². The van der Waals surface area contributed by atoms with Gasteiger partial charge < -0.3 is 5.32 Å². The molecule has 1 heterocycles. The van der Waals surface area contributed by atoms with Gasteiger partial charge in [0.1, 0.15) is 5.82 Å². The first kappa shape index (κ1) is 16.0. The summed E-state index contributed by atoms with van der Waals surface area (Å²) in [6, 6.07) is 4.90. The maximum atomic E-state index is 13.1. The number of aromatic nitrogens is 2. The van der Waals surface area contributed by atoms with Gasteiger partial charge in [-0.05, 0) is 31.5 Å². The van der Waals surface area contributed by atoms with Crippen molar-refractivity contribution in [3.05, 3.63) is 51.6 Å². The average Bonchev–Trinajstić information content (AvgIpc) is 2.65. The van der Waals surface area contributed by atoms with E-state index in [1.54, 1.807) is 6.07 Å². The lowest BCUT2D eigenvalue weighted by Crippen LogP contribution is -2.22. The predicted molar refractivity (Wildman–Crippen MR) is 84.2 cm³/mol. The van der Waals surface area contributed by atoms with Crippen molar-refractivity contribution in [3.63, 3.8) is 0 Å². The fourth-order valence-electron chi connectivity index (χ4n) is 2.26. The van der Waals surface area contributed by atoms with Crippen LogP contribution in [0.3, 0.4) is 0 Å². The van der Waals surface area contributed by atoms with Crippen LogP contribution in [0.25, 0.3) is 0 Å². The van der Waals surface area contributed by atoms with Crippen LogP contribution in [0.15, 0.2) is 18.2 Å². The predicted octanol–water partition coefficient (Wildman–Crippen LogP) is 3.84. The zero-order valence-corrected chi connectivity index (χ0v) is 13.6. The molecule has 0 aliphatic rings. The third-order valence-corrected chi connectivity index (χ3v) is 3.91. The molecule has 0 unspecified atom stereocenters. The second kappa shape index (κ2) is 6.58. The number of hydrogen-bond donors (Lipinski definition) is 1. The summed E-state index contributed by atoms with van der Waals surface area (Å²) in [5.74, 6) is -0.320. The average molecular weight is 310 g/mol. The molecule has 0 spiro atoms. The van der Waals surface area contributed by atoms with Crippen LogP contribution >= 0.6 is 11.6 Å². The summed E-state index contributed by atoms with van der Waals surface area (Å²) in [5.41, 5.74) is 4.20. The lowest BCUT2D eigenvalue weighted by Gasteiger charge is -2.10. The smallest absolute Gasteiger partial charge is 0.124 e. The Morgan fingerprint density at radius 3 is 2.67 bits per heavy atom. The van der Waals surface area contributed by atoms with Crippen molar-refractivity contribution in [1.29, 1.82) is 0 Å². The van der Waals surface area contributed by atoms with Gasteiger partial charge in [-0.3, -0.25) is 4.68 Å². The normalized spacial score (nSPS) is 11.4. The Hall–Kier alpha value is -1.39. The van der Waals surface area contributed by atoms with Crippen LogP contribution in [0, 0.1) is 19.7 Å². The maximum absolute atomic E-state index is 13.1. The van der Waals surface area contributed by atoms with Crippen molar-refractivity contribution < 1.29 is 4.39 Å². The van der Waals surface area contributed by atoms with E-state index in [9.17, 15) is 4.39 Å². The van der Waals surface area contributed by atoms with Gasteiger partial charge in [0.15, 0.2) is 0 Å². The van der Waals surface area contributed by atoms with Crippen LogP contribution in [0.5, 0.6) is 0 Å². The van der Waals surface area contributed by atoms with Crippen LogP contribution in [0.1, 0.15) is 36.4 Å². The summed E-state index contributed by atoms with van der Waals surface area (Å²) >= 11 is 6.09. The molecule has 0 fully saturated rings. The Kier molecular flexibility index (Phi) is 5.01. The Labute approximate surface area is 130 Å². The van der Waals surface area contributed by atoms with Crippen molar-refractivity contribution in [2.75, 3.05) is 0 Å². The number of nitrogens with zero attached hydrogens (tertiary/aromatic N) is 2. The molecule has 5 heteroatoms. The molecule has 0 atom stereocenters. The van der Waals surface area contributed by atoms with E-state index in [0.29, 0.717) is 17.6 Å². The zero-order chi connectivity index (χ0) is 15.6. The first-order valence-corrected chi connectivity index (χ1v) is 7.46. The Morgan fingerprint density at radius 1 is 1.33 bits per heavy atom. The molecule has 0 saturated heterocycles. The monoisotopic (exact) mass is 309 g/mol. The van der Waals surface area contributed by atoms with Crippen molar-refractivity contribution in [2.45, 2.75) is 46.8 Å². The first-order valence-electron chi connectivity index (χ1n) is 7.08. The highest BCUT2D eigenvalue weighted by atomic mass is 35.5. The molecule has 114 valence electrons. The summed E-state index contributed by atoms with van der Waals surface area (Å²) < 4.78 is 15.0. The highest BCUT2D eigenvalue weighted by molar-refractivity contribution is 6.31. The van der Waals surface area contributed by atoms with Crippen molar-refractivity contribution in [1.82, 2.24) is 15.1 Å². The van der Waals surface area contributed by atoms with Gasteiger partial charge in [-0.25, -0.2) is 4.39 Å². The lowest BCUT2D eigenvalue weighted by atomic mass is 10.2. The minimum absolute atomic E-state index is 0.320. The summed E-state index contributed by atoms with van der Waals surface area (Å²) in [5, 5.41) is 8.42. The molecule has 1 aromatic heterocycles. The van der Waals surface area contributed by atoms with Crippen LogP contribution in [0.2, 0.25) is 5.02 Å². The first-order chi connectivity index (χ1) is 9.88. The Morgan fingerprint density at radius 2 is 2.05 bits per heavy atom. The summed E-state index contributed by atoms with van der Waals surface area (Å²) in [7, 11) is 0. The third-order valence-electron chi connectivity index (χ3n) is 3.55. The number of rotatable bonds is 5. The molecule has 0 amide bonds. The number of hydrogen-bond acceptors (Lipinski definition) is 2. The van der Waals surface area contributed by atoms with Crippen molar-refractivity contribution in [3.8, 4) is 0 Å². The summed E-state index contributed by atoms with van der Waals surface area (Å²) in [4.78, 5) is 0. The number of aryl methyl sites for hydroxylation is 1. The van der Waals surface area contributed by atoms with Crippen LogP contribution in [-0.2, 0) is 13.1 Å². The molecule has 2 aromatic rings. The largest absolute Gasteiger partial charge is 0.310 e. The molecular weight excluding hydrogens is 289 g/mol. The molecule has 1 aromatic carbocycles. The molecular formula is C16H21ClFN3. The highest BCUT2D eigenvalue weighted by Crippen LogP contribution is 2.20. The zero-order valence-electron chi connectivity index (χ0n) is 12.9. The van der Waals surface area contributed by atoms with E-state index in [2.05, 4.69) is 31.2 Å². The standard InChI is InChI=1S/C16H21ClFN3/c1-10(2)19-8-15-11(3)20-21(12(15)4)9-13-5-6-14(18)7-16(13)17/h5-7,10,19H,8-9H2,1-4H3. The SMILES string of the molecule is Cc1nn(Cc2ccc(F)cc2Cl)c(C)c1CNC(C)C. The van der Waals surface area contributed by atoms with Gasteiger partial charge in [0.25, 0.3) is 0 Å². The summed E-state index contributed by atoms with van der Waals surface area (Å²) in [6.45, 7) is 9.64. The molecule has 1 N–H and O–H groups in total. The minimum Gasteiger partial charge on any atom is -0.310 e. The number of benzene rings is 1. The molecule has 3 nitrogen and oxygen atoms in total. The van der Waals surface area contributed by atoms with Gasteiger partial charge in [0.05, 0.1) is 12.2 Å². The lowest BCUT2D eigenvalue weighted by molar-refractivity contribution is 0.584. The molecule has 0 aliphatic heterocycles. The van der Waals surface area contributed by atoms with Crippen LogP contribution < -0.4 is 5.32 Å². The van der Waals surface area contributed by atoms with E-state index >= 15 is 0 Å². The molecule has 0 saturated carbocycles. The van der Waals surface area contributed by atoms with Gasteiger partial charge >= 0.3 is 0 Å². The van der Waals surface area contributed by atoms with E-state index in [0.717, 1.165) is 23.5 Å². The molecule has 21 heavy (non-hydrogen) atoms. The minimum atomic E-state index is -0.320. The van der Waals surface area contributed by atoms with E-state index in [1.165, 1.54) is 17.7 Å². The van der Waals surface area contributed by atoms with E-state index in [-0.39, 0.29) is 5.82 Å². The van der Waals surface area contributed by atoms with Gasteiger partial charge in [0, 0.05) is 28.9 Å². The topological polar surface area (TPSA) is 29.9 Å². The molecule has 0 aliphatic carbocycles. The number of nitrogens with one attached hydrogen (secondary N) is 1. The Balaban J connectivity index is 2.23. The molecule has 0 bridgehead atoms. The van der Waals surface area contributed by atoms with Crippen molar-refractivity contribution >= 4 is 11.6 Å². The van der Waals surface area contributed by atoms with Gasteiger partial charge in [-0.2, -0.15) is 5.10 Å². The second-order valence-electron chi connectivity index (χ2n) is 5.58. The number of halogens is 2. The van der Waals surface area contributed by atoms with E-state index in [1.807, 2.05) is 11.6 Å². The maximum Gasteiger partial charge on any atom is 0.124 e. The Bertz CT molecular complexity index is 635. The quantitative estimate of drug-likeness (QED) is 0.909. The van der Waals surface area contributed by atoms with Crippen LogP contribution in [-0.4, -0.2) is 15.8 Å². The van der Waals surface area contributed by atoms with E-state index in [4.69, 9.17) is 11.6 Å². The third kappa shape index (κ3) is 3.83. The highest BCUT2D eigenvalue weighted by Gasteiger charge is 2.13. The van der Waals surface area contributed by atoms with Crippen molar-refractivity contribution in [2.24, 2.45) is 0 Å². The van der Waals surface area contributed by atoms with Crippen LogP contribution in [0.4, 0.5) is 4.39 Å². The fraction of sp³-hybridized carbons (Fsp3) is 0.438. The van der Waals surface area contributed by atoms with Gasteiger partial charge in [-0.15, -0.1) is 0 Å². The fourth-order valence-corrected chi connectivity index (χ4v) is 2.49.